The Balaban J connectivity index is 1.32. The topological polar surface area (TPSA) is 96.8 Å². The average molecular weight is 561 g/mol. The Kier molecular flexibility index (Phi) is 7.80. The maximum absolute atomic E-state index is 13.9. The second kappa shape index (κ2) is 11.1. The highest BCUT2D eigenvalue weighted by Crippen LogP contribution is 2.34. The molecule has 2 aliphatic rings. The first-order valence-electron chi connectivity index (χ1n) is 13.6. The van der Waals surface area contributed by atoms with E-state index in [1.54, 1.807) is 4.90 Å². The Morgan fingerprint density at radius 1 is 1.10 bits per heavy atom. The van der Waals surface area contributed by atoms with Crippen LogP contribution >= 0.6 is 0 Å². The molecule has 12 heteroatoms. The first kappa shape index (κ1) is 28.0. The largest absolute Gasteiger partial charge is 0.420 e. The summed E-state index contributed by atoms with van der Waals surface area (Å²) < 4.78 is 56.1. The summed E-state index contributed by atoms with van der Waals surface area (Å²) in [5.41, 5.74) is 4.78. The third kappa shape index (κ3) is 5.81. The molecule has 2 aromatic heterocycles. The van der Waals surface area contributed by atoms with Crippen LogP contribution in [-0.4, -0.2) is 67.9 Å². The van der Waals surface area contributed by atoms with Gasteiger partial charge in [0.15, 0.2) is 5.65 Å². The Bertz CT molecular complexity index is 1380. The number of alkyl halides is 3. The van der Waals surface area contributed by atoms with Crippen LogP contribution in [0.5, 0.6) is 0 Å². The van der Waals surface area contributed by atoms with Gasteiger partial charge >= 0.3 is 6.18 Å². The maximum atomic E-state index is 13.9. The number of rotatable bonds is 5. The molecule has 1 saturated carbocycles. The SMILES string of the molecule is C[C@H]1CN(C(=O)c2cn3nc(-c4ccc(F)cc4)cc(C(F)(F)F)c3n2)CCN1C(=O)[C@H](N)CC1CCCCC1. The molecule has 0 spiro atoms. The Hall–Kier alpha value is -3.54. The van der Waals surface area contributed by atoms with Gasteiger partial charge in [-0.1, -0.05) is 32.1 Å². The fourth-order valence-corrected chi connectivity index (χ4v) is 5.78. The van der Waals surface area contributed by atoms with Crippen molar-refractivity contribution >= 4 is 17.5 Å². The van der Waals surface area contributed by atoms with Crippen LogP contribution in [-0.2, 0) is 11.0 Å². The highest BCUT2D eigenvalue weighted by molar-refractivity contribution is 5.93. The summed E-state index contributed by atoms with van der Waals surface area (Å²) in [5, 5.41) is 4.21. The van der Waals surface area contributed by atoms with Crippen molar-refractivity contribution in [2.24, 2.45) is 11.7 Å². The zero-order chi connectivity index (χ0) is 28.6. The summed E-state index contributed by atoms with van der Waals surface area (Å²) in [7, 11) is 0. The minimum absolute atomic E-state index is 0.0402. The maximum Gasteiger partial charge on any atom is 0.420 e. The van der Waals surface area contributed by atoms with E-state index in [0.717, 1.165) is 35.6 Å². The molecule has 0 radical (unpaired) electrons. The number of halogens is 4. The van der Waals surface area contributed by atoms with E-state index >= 15 is 0 Å². The Morgan fingerprint density at radius 2 is 1.80 bits per heavy atom. The molecule has 1 saturated heterocycles. The number of hydrogen-bond acceptors (Lipinski definition) is 5. The van der Waals surface area contributed by atoms with Crippen LogP contribution in [0.1, 0.15) is 61.5 Å². The zero-order valence-electron chi connectivity index (χ0n) is 22.2. The fourth-order valence-electron chi connectivity index (χ4n) is 5.78. The van der Waals surface area contributed by atoms with Gasteiger partial charge in [-0.3, -0.25) is 9.59 Å². The van der Waals surface area contributed by atoms with Crippen molar-refractivity contribution < 1.29 is 27.2 Å². The van der Waals surface area contributed by atoms with Gasteiger partial charge < -0.3 is 15.5 Å². The first-order valence-corrected chi connectivity index (χ1v) is 13.6. The molecule has 2 atom stereocenters. The lowest BCUT2D eigenvalue weighted by atomic mass is 9.84. The van der Waals surface area contributed by atoms with Crippen LogP contribution in [0.4, 0.5) is 17.6 Å². The number of carbonyl (C=O) groups is 2. The third-order valence-corrected chi connectivity index (χ3v) is 7.92. The molecule has 8 nitrogen and oxygen atoms in total. The van der Waals surface area contributed by atoms with E-state index in [9.17, 15) is 27.2 Å². The van der Waals surface area contributed by atoms with Crippen molar-refractivity contribution in [3.05, 3.63) is 53.6 Å². The van der Waals surface area contributed by atoms with Gasteiger partial charge in [-0.15, -0.1) is 0 Å². The smallest absolute Gasteiger partial charge is 0.335 e. The summed E-state index contributed by atoms with van der Waals surface area (Å²) in [6.45, 7) is 2.51. The number of imidazole rings is 1. The number of hydrogen-bond donors (Lipinski definition) is 1. The molecule has 1 aliphatic carbocycles. The first-order chi connectivity index (χ1) is 19.0. The monoisotopic (exact) mass is 560 g/mol. The molecule has 1 aromatic carbocycles. The number of carbonyl (C=O) groups excluding carboxylic acids is 2. The lowest BCUT2D eigenvalue weighted by Crippen LogP contribution is -2.58. The van der Waals surface area contributed by atoms with E-state index < -0.39 is 35.2 Å². The molecule has 2 N–H and O–H groups in total. The van der Waals surface area contributed by atoms with Crippen molar-refractivity contribution in [3.63, 3.8) is 0 Å². The van der Waals surface area contributed by atoms with Crippen LogP contribution in [0, 0.1) is 11.7 Å². The summed E-state index contributed by atoms with van der Waals surface area (Å²) in [5.74, 6) is -0.754. The molecule has 3 aromatic rings. The molecule has 0 unspecified atom stereocenters. The number of nitrogens with zero attached hydrogens (tertiary/aromatic N) is 5. The molecule has 2 fully saturated rings. The van der Waals surface area contributed by atoms with Gasteiger partial charge in [0.2, 0.25) is 5.91 Å². The van der Waals surface area contributed by atoms with Gasteiger partial charge in [0.1, 0.15) is 17.1 Å². The lowest BCUT2D eigenvalue weighted by Gasteiger charge is -2.41. The summed E-state index contributed by atoms with van der Waals surface area (Å²) in [6.07, 6.45) is 2.80. The molecule has 40 heavy (non-hydrogen) atoms. The van der Waals surface area contributed by atoms with Crippen LogP contribution in [0.2, 0.25) is 0 Å². The summed E-state index contributed by atoms with van der Waals surface area (Å²) >= 11 is 0. The predicted octanol–water partition coefficient (Wildman–Crippen LogP) is 4.52. The molecule has 5 rings (SSSR count). The quantitative estimate of drug-likeness (QED) is 0.463. The number of fused-ring (bicyclic) bond motifs is 1. The van der Waals surface area contributed by atoms with Gasteiger partial charge in [0.05, 0.1) is 17.9 Å². The fraction of sp³-hybridized carbons (Fsp3) is 0.500. The van der Waals surface area contributed by atoms with E-state index in [0.29, 0.717) is 12.3 Å². The van der Waals surface area contributed by atoms with Crippen LogP contribution in [0.25, 0.3) is 16.9 Å². The van der Waals surface area contributed by atoms with Gasteiger partial charge in [0.25, 0.3) is 5.91 Å². The number of benzene rings is 1. The zero-order valence-corrected chi connectivity index (χ0v) is 22.2. The number of piperazine rings is 1. The second-order valence-corrected chi connectivity index (χ2v) is 10.8. The van der Waals surface area contributed by atoms with E-state index in [4.69, 9.17) is 5.73 Å². The number of nitrogens with two attached hydrogens (primary N) is 1. The van der Waals surface area contributed by atoms with Crippen molar-refractivity contribution in [2.45, 2.75) is 63.7 Å². The van der Waals surface area contributed by atoms with Crippen LogP contribution in [0.3, 0.4) is 0 Å². The lowest BCUT2D eigenvalue weighted by molar-refractivity contribution is -0.137. The van der Waals surface area contributed by atoms with Gasteiger partial charge in [-0.05, 0) is 49.6 Å². The van der Waals surface area contributed by atoms with Gasteiger partial charge in [0, 0.05) is 31.2 Å². The van der Waals surface area contributed by atoms with Gasteiger partial charge in [-0.25, -0.2) is 13.9 Å². The molecule has 0 bridgehead atoms. The summed E-state index contributed by atoms with van der Waals surface area (Å²) in [4.78, 5) is 33.6. The van der Waals surface area contributed by atoms with Crippen molar-refractivity contribution in [1.82, 2.24) is 24.4 Å². The Labute approximate surface area is 229 Å². The van der Waals surface area contributed by atoms with E-state index in [-0.39, 0.29) is 48.5 Å². The standard InChI is InChI=1S/C28H32F4N6O2/c1-17-15-36(11-12-37(17)26(39)22(33)13-18-5-3-2-4-6-18)27(40)24-16-38-25(34-24)21(28(30,31)32)14-23(35-38)19-7-9-20(29)10-8-19/h7-10,14,16-18,22H,2-6,11-13,15,33H2,1H3/t17-,22+/m0/s1. The molecule has 3 heterocycles. The van der Waals surface area contributed by atoms with Gasteiger partial charge in [-0.2, -0.15) is 18.3 Å². The van der Waals surface area contributed by atoms with Crippen molar-refractivity contribution in [2.75, 3.05) is 19.6 Å². The minimum atomic E-state index is -4.76. The van der Waals surface area contributed by atoms with Crippen LogP contribution < -0.4 is 5.73 Å². The normalized spacial score (nSPS) is 19.7. The molecule has 214 valence electrons. The molecular formula is C28H32F4N6O2. The highest BCUT2D eigenvalue weighted by Gasteiger charge is 2.37. The molecule has 2 amide bonds. The third-order valence-electron chi connectivity index (χ3n) is 7.92. The minimum Gasteiger partial charge on any atom is -0.335 e. The summed E-state index contributed by atoms with van der Waals surface area (Å²) in [6, 6.07) is 4.86. The second-order valence-electron chi connectivity index (χ2n) is 10.8. The van der Waals surface area contributed by atoms with E-state index in [1.165, 1.54) is 42.5 Å². The average Bonchev–Trinajstić information content (AvgIpc) is 3.36. The highest BCUT2D eigenvalue weighted by atomic mass is 19.4. The Morgan fingerprint density at radius 3 is 2.45 bits per heavy atom. The van der Waals surface area contributed by atoms with E-state index in [2.05, 4.69) is 10.1 Å². The number of aromatic nitrogens is 3. The molecule has 1 aliphatic heterocycles. The van der Waals surface area contributed by atoms with E-state index in [1.807, 2.05) is 6.92 Å². The number of amides is 2. The van der Waals surface area contributed by atoms with Crippen molar-refractivity contribution in [3.8, 4) is 11.3 Å². The molecular weight excluding hydrogens is 528 g/mol. The van der Waals surface area contributed by atoms with Crippen LogP contribution in [0.15, 0.2) is 36.5 Å². The van der Waals surface area contributed by atoms with Crippen molar-refractivity contribution in [1.29, 1.82) is 0 Å². The predicted molar refractivity (Wildman–Crippen MR) is 140 cm³/mol.